The second-order valence-corrected chi connectivity index (χ2v) is 4.69. The third-order valence-electron chi connectivity index (χ3n) is 2.53. The van der Waals surface area contributed by atoms with Crippen LogP contribution in [0.25, 0.3) is 0 Å². The van der Waals surface area contributed by atoms with Crippen LogP contribution in [0.2, 0.25) is 0 Å². The second kappa shape index (κ2) is 6.38. The number of benzene rings is 1. The number of carbonyl (C=O) groups is 1. The maximum absolute atomic E-state index is 11.7. The molecule has 0 saturated carbocycles. The molecule has 2 rings (SSSR count). The Kier molecular flexibility index (Phi) is 4.57. The minimum absolute atomic E-state index is 0.0249. The molecule has 0 aliphatic heterocycles. The van der Waals surface area contributed by atoms with E-state index in [4.69, 9.17) is 4.52 Å². The van der Waals surface area contributed by atoms with Crippen LogP contribution in [0.1, 0.15) is 17.3 Å². The van der Waals surface area contributed by atoms with Crippen molar-refractivity contribution in [2.75, 3.05) is 6.54 Å². The number of aryl methyl sites for hydroxylation is 1. The Morgan fingerprint density at radius 1 is 1.37 bits per heavy atom. The summed E-state index contributed by atoms with van der Waals surface area (Å²) < 4.78 is 4.96. The molecular formula is C13H15N3O2S. The zero-order chi connectivity index (χ0) is 13.7. The molecule has 100 valence electrons. The number of carbonyl (C=O) groups excluding carboxylic acids is 1. The first-order chi connectivity index (χ1) is 9.13. The van der Waals surface area contributed by atoms with Crippen LogP contribution in [-0.4, -0.2) is 22.6 Å². The van der Waals surface area contributed by atoms with Gasteiger partial charge in [-0.2, -0.15) is 4.98 Å². The van der Waals surface area contributed by atoms with E-state index in [1.807, 2.05) is 24.3 Å². The molecule has 1 heterocycles. The number of nitrogens with one attached hydrogen (secondary N) is 1. The van der Waals surface area contributed by atoms with E-state index in [1.54, 1.807) is 6.92 Å². The van der Waals surface area contributed by atoms with Gasteiger partial charge in [-0.1, -0.05) is 17.3 Å². The van der Waals surface area contributed by atoms with Crippen LogP contribution in [0.5, 0.6) is 0 Å². The monoisotopic (exact) mass is 277 g/mol. The summed E-state index contributed by atoms with van der Waals surface area (Å²) >= 11 is 4.20. The van der Waals surface area contributed by atoms with Crippen LogP contribution in [0, 0.1) is 6.92 Å². The van der Waals surface area contributed by atoms with Crippen LogP contribution in [0.4, 0.5) is 0 Å². The number of aromatic nitrogens is 2. The summed E-state index contributed by atoms with van der Waals surface area (Å²) in [6.45, 7) is 2.25. The van der Waals surface area contributed by atoms with Crippen LogP contribution in [-0.2, 0) is 17.6 Å². The lowest BCUT2D eigenvalue weighted by atomic mass is 10.1. The Bertz CT molecular complexity index is 551. The number of nitrogens with zero attached hydrogens (tertiary/aromatic N) is 2. The van der Waals surface area contributed by atoms with Crippen molar-refractivity contribution in [1.29, 1.82) is 0 Å². The average Bonchev–Trinajstić information content (AvgIpc) is 2.78. The molecule has 1 N–H and O–H groups in total. The first-order valence-corrected chi connectivity index (χ1v) is 6.42. The van der Waals surface area contributed by atoms with Gasteiger partial charge in [-0.3, -0.25) is 4.79 Å². The van der Waals surface area contributed by atoms with E-state index < -0.39 is 0 Å². The third-order valence-corrected chi connectivity index (χ3v) is 2.83. The summed E-state index contributed by atoms with van der Waals surface area (Å²) in [7, 11) is 0. The molecule has 0 atom stereocenters. The van der Waals surface area contributed by atoms with Gasteiger partial charge in [-0.15, -0.1) is 12.6 Å². The molecule has 1 aromatic heterocycles. The molecule has 0 saturated heterocycles. The Labute approximate surface area is 116 Å². The van der Waals surface area contributed by atoms with Crippen molar-refractivity contribution in [2.45, 2.75) is 24.7 Å². The van der Waals surface area contributed by atoms with Crippen LogP contribution < -0.4 is 5.32 Å². The quantitative estimate of drug-likeness (QED) is 0.814. The van der Waals surface area contributed by atoms with Crippen LogP contribution in [0.15, 0.2) is 33.7 Å². The molecule has 0 aliphatic rings. The van der Waals surface area contributed by atoms with Gasteiger partial charge in [-0.25, -0.2) is 0 Å². The average molecular weight is 277 g/mol. The Balaban J connectivity index is 1.74. The van der Waals surface area contributed by atoms with Crippen LogP contribution >= 0.6 is 12.6 Å². The maximum Gasteiger partial charge on any atom is 0.228 e. The van der Waals surface area contributed by atoms with E-state index in [9.17, 15) is 4.79 Å². The fraction of sp³-hybridized carbons (Fsp3) is 0.308. The number of hydrogen-bond donors (Lipinski definition) is 2. The van der Waals surface area contributed by atoms with Gasteiger partial charge >= 0.3 is 0 Å². The molecule has 2 aromatic rings. The van der Waals surface area contributed by atoms with Crippen molar-refractivity contribution in [2.24, 2.45) is 0 Å². The molecule has 0 fully saturated rings. The minimum Gasteiger partial charge on any atom is -0.355 e. The Hall–Kier alpha value is -1.82. The molecule has 1 aromatic carbocycles. The molecule has 5 nitrogen and oxygen atoms in total. The molecule has 0 spiro atoms. The number of thiol groups is 1. The van der Waals surface area contributed by atoms with Crippen molar-refractivity contribution in [3.8, 4) is 0 Å². The topological polar surface area (TPSA) is 68.0 Å². The minimum atomic E-state index is -0.0249. The van der Waals surface area contributed by atoms with Crippen molar-refractivity contribution >= 4 is 18.5 Å². The van der Waals surface area contributed by atoms with E-state index in [-0.39, 0.29) is 5.91 Å². The predicted molar refractivity (Wildman–Crippen MR) is 73.1 cm³/mol. The number of amides is 1. The predicted octanol–water partition coefficient (Wildman–Crippen LogP) is 1.57. The lowest BCUT2D eigenvalue weighted by molar-refractivity contribution is -0.120. The van der Waals surface area contributed by atoms with Crippen molar-refractivity contribution < 1.29 is 9.32 Å². The van der Waals surface area contributed by atoms with Gasteiger partial charge in [0.05, 0.1) is 6.42 Å². The van der Waals surface area contributed by atoms with E-state index in [0.29, 0.717) is 31.1 Å². The highest BCUT2D eigenvalue weighted by Gasteiger charge is 2.05. The summed E-state index contributed by atoms with van der Waals surface area (Å²) in [4.78, 5) is 16.6. The summed E-state index contributed by atoms with van der Waals surface area (Å²) in [6, 6.07) is 7.52. The molecule has 19 heavy (non-hydrogen) atoms. The van der Waals surface area contributed by atoms with Crippen LogP contribution in [0.3, 0.4) is 0 Å². The third kappa shape index (κ3) is 4.40. The van der Waals surface area contributed by atoms with Gasteiger partial charge in [0.2, 0.25) is 11.8 Å². The lowest BCUT2D eigenvalue weighted by Gasteiger charge is -2.03. The van der Waals surface area contributed by atoms with Gasteiger partial charge in [0.1, 0.15) is 0 Å². The van der Waals surface area contributed by atoms with E-state index in [1.165, 1.54) is 0 Å². The zero-order valence-electron chi connectivity index (χ0n) is 10.6. The lowest BCUT2D eigenvalue weighted by Crippen LogP contribution is -2.27. The van der Waals surface area contributed by atoms with Crippen molar-refractivity contribution in [3.63, 3.8) is 0 Å². The van der Waals surface area contributed by atoms with Crippen molar-refractivity contribution in [3.05, 3.63) is 41.5 Å². The first-order valence-electron chi connectivity index (χ1n) is 5.97. The fourth-order valence-electron chi connectivity index (χ4n) is 1.61. The van der Waals surface area contributed by atoms with Gasteiger partial charge in [0, 0.05) is 17.9 Å². The van der Waals surface area contributed by atoms with Crippen molar-refractivity contribution in [1.82, 2.24) is 15.5 Å². The molecule has 0 bridgehead atoms. The molecule has 6 heteroatoms. The van der Waals surface area contributed by atoms with Gasteiger partial charge in [0.25, 0.3) is 0 Å². The molecule has 0 unspecified atom stereocenters. The molecule has 0 aliphatic carbocycles. The van der Waals surface area contributed by atoms with Gasteiger partial charge in [-0.05, 0) is 24.6 Å². The summed E-state index contributed by atoms with van der Waals surface area (Å²) in [5.41, 5.74) is 0.962. The highest BCUT2D eigenvalue weighted by molar-refractivity contribution is 7.80. The molecular weight excluding hydrogens is 262 g/mol. The van der Waals surface area contributed by atoms with Gasteiger partial charge < -0.3 is 9.84 Å². The number of hydrogen-bond acceptors (Lipinski definition) is 5. The molecule has 0 radical (unpaired) electrons. The van der Waals surface area contributed by atoms with E-state index in [2.05, 4.69) is 28.1 Å². The molecule has 1 amide bonds. The highest BCUT2D eigenvalue weighted by atomic mass is 32.1. The van der Waals surface area contributed by atoms with E-state index in [0.717, 1.165) is 10.5 Å². The second-order valence-electron chi connectivity index (χ2n) is 4.18. The standard InChI is InChI=1S/C13H15N3O2S/c1-9-15-13(18-16-9)6-7-14-12(17)8-10-2-4-11(19)5-3-10/h2-5,19H,6-8H2,1H3,(H,14,17). The zero-order valence-corrected chi connectivity index (χ0v) is 11.5. The summed E-state index contributed by atoms with van der Waals surface area (Å²) in [5, 5.41) is 6.50. The largest absolute Gasteiger partial charge is 0.355 e. The van der Waals surface area contributed by atoms with E-state index >= 15 is 0 Å². The Morgan fingerprint density at radius 2 is 2.11 bits per heavy atom. The number of rotatable bonds is 5. The summed E-state index contributed by atoms with van der Waals surface area (Å²) in [5.74, 6) is 1.12. The normalized spacial score (nSPS) is 10.4. The maximum atomic E-state index is 11.7. The smallest absolute Gasteiger partial charge is 0.228 e. The Morgan fingerprint density at radius 3 is 2.74 bits per heavy atom. The summed E-state index contributed by atoms with van der Waals surface area (Å²) in [6.07, 6.45) is 0.902. The van der Waals surface area contributed by atoms with Gasteiger partial charge in [0.15, 0.2) is 5.82 Å². The fourth-order valence-corrected chi connectivity index (χ4v) is 1.76. The highest BCUT2D eigenvalue weighted by Crippen LogP contribution is 2.08. The SMILES string of the molecule is Cc1noc(CCNC(=O)Cc2ccc(S)cc2)n1. The first kappa shape index (κ1) is 13.6.